The highest BCUT2D eigenvalue weighted by molar-refractivity contribution is 6.09. The topological polar surface area (TPSA) is 233 Å². The summed E-state index contributed by atoms with van der Waals surface area (Å²) in [6, 6.07) is 0. The first-order chi connectivity index (χ1) is 19.4. The van der Waals surface area contributed by atoms with Gasteiger partial charge in [0.25, 0.3) is 11.8 Å². The van der Waals surface area contributed by atoms with Gasteiger partial charge >= 0.3 is 0 Å². The molecule has 0 spiro atoms. The summed E-state index contributed by atoms with van der Waals surface area (Å²) < 4.78 is 20.3. The van der Waals surface area contributed by atoms with E-state index >= 15 is 4.39 Å². The van der Waals surface area contributed by atoms with Crippen LogP contribution >= 0.6 is 0 Å². The SMILES string of the molecule is O=C1CCC(O)(N2Cc3c(NCc4c(O)c(CN5CCOCC5)c(O)c(O)c4F)c(O)c(O)c(O)c3C2=O)C(=O)N1. The predicted octanol–water partition coefficient (Wildman–Crippen LogP) is -0.415. The number of amides is 3. The van der Waals surface area contributed by atoms with Crippen LogP contribution in [0.15, 0.2) is 0 Å². The lowest BCUT2D eigenvalue weighted by Gasteiger charge is -2.37. The van der Waals surface area contributed by atoms with E-state index in [4.69, 9.17) is 4.74 Å². The Bertz CT molecular complexity index is 1480. The third-order valence-corrected chi connectivity index (χ3v) is 7.55. The predicted molar refractivity (Wildman–Crippen MR) is 133 cm³/mol. The Morgan fingerprint density at radius 1 is 0.902 bits per heavy atom. The van der Waals surface area contributed by atoms with Gasteiger partial charge < -0.3 is 45.8 Å². The molecule has 41 heavy (non-hydrogen) atoms. The van der Waals surface area contributed by atoms with Gasteiger partial charge in [-0.25, -0.2) is 4.39 Å². The van der Waals surface area contributed by atoms with E-state index in [2.05, 4.69) is 5.32 Å². The van der Waals surface area contributed by atoms with Crippen molar-refractivity contribution in [3.63, 3.8) is 0 Å². The number of carbonyl (C=O) groups is 3. The van der Waals surface area contributed by atoms with Crippen LogP contribution in [0.3, 0.4) is 0 Å². The van der Waals surface area contributed by atoms with E-state index in [1.54, 1.807) is 4.90 Å². The number of ether oxygens (including phenoxy) is 1. The number of hydrogen-bond acceptors (Lipinski definition) is 13. The van der Waals surface area contributed by atoms with E-state index in [0.717, 1.165) is 0 Å². The number of aliphatic hydroxyl groups is 1. The second kappa shape index (κ2) is 10.1. The number of aromatic hydroxyl groups is 6. The van der Waals surface area contributed by atoms with Gasteiger partial charge in [-0.2, -0.15) is 0 Å². The Labute approximate surface area is 230 Å². The molecular formula is C25H27FN4O11. The zero-order valence-corrected chi connectivity index (χ0v) is 21.4. The van der Waals surface area contributed by atoms with Gasteiger partial charge in [-0.1, -0.05) is 0 Å². The van der Waals surface area contributed by atoms with Gasteiger partial charge in [-0.3, -0.25) is 29.5 Å². The minimum absolute atomic E-state index is 0.0604. The fourth-order valence-electron chi connectivity index (χ4n) is 5.21. The van der Waals surface area contributed by atoms with Crippen molar-refractivity contribution in [2.24, 2.45) is 0 Å². The molecule has 2 aromatic rings. The molecular weight excluding hydrogens is 551 g/mol. The number of fused-ring (bicyclic) bond motifs is 1. The minimum Gasteiger partial charge on any atom is -0.507 e. The summed E-state index contributed by atoms with van der Waals surface area (Å²) in [5.74, 6) is -10.2. The number of nitrogens with one attached hydrogen (secondary N) is 2. The van der Waals surface area contributed by atoms with Crippen LogP contribution in [0.5, 0.6) is 34.5 Å². The molecule has 16 heteroatoms. The number of piperidine rings is 1. The summed E-state index contributed by atoms with van der Waals surface area (Å²) in [6.07, 6.45) is -0.762. The van der Waals surface area contributed by atoms with Gasteiger partial charge in [-0.15, -0.1) is 0 Å². The van der Waals surface area contributed by atoms with Crippen molar-refractivity contribution in [3.8, 4) is 34.5 Å². The lowest BCUT2D eigenvalue weighted by Crippen LogP contribution is -2.63. The zero-order chi connectivity index (χ0) is 29.8. The Hall–Kier alpha value is -4.54. The van der Waals surface area contributed by atoms with Crippen molar-refractivity contribution < 1.29 is 59.3 Å². The maximum absolute atomic E-state index is 15.0. The summed E-state index contributed by atoms with van der Waals surface area (Å²) in [5.41, 5.74) is -4.39. The Balaban J connectivity index is 1.50. The van der Waals surface area contributed by atoms with Crippen molar-refractivity contribution in [3.05, 3.63) is 28.1 Å². The van der Waals surface area contributed by atoms with Crippen molar-refractivity contribution in [1.82, 2.24) is 15.1 Å². The fourth-order valence-corrected chi connectivity index (χ4v) is 5.21. The molecule has 3 heterocycles. The van der Waals surface area contributed by atoms with Crippen molar-refractivity contribution >= 4 is 23.4 Å². The van der Waals surface area contributed by atoms with Gasteiger partial charge in [0.05, 0.1) is 42.1 Å². The average molecular weight is 579 g/mol. The highest BCUT2D eigenvalue weighted by Gasteiger charge is 2.52. The third-order valence-electron chi connectivity index (χ3n) is 7.55. The number of hydrogen-bond donors (Lipinski definition) is 9. The van der Waals surface area contributed by atoms with Crippen LogP contribution in [0.2, 0.25) is 0 Å². The van der Waals surface area contributed by atoms with E-state index in [1.165, 1.54) is 0 Å². The van der Waals surface area contributed by atoms with E-state index in [9.17, 15) is 50.1 Å². The maximum atomic E-state index is 15.0. The van der Waals surface area contributed by atoms with Gasteiger partial charge in [-0.05, 0) is 0 Å². The molecule has 1 atom stereocenters. The first kappa shape index (κ1) is 28.0. The van der Waals surface area contributed by atoms with Gasteiger partial charge in [0.2, 0.25) is 17.4 Å². The molecule has 0 bridgehead atoms. The molecule has 0 saturated carbocycles. The Morgan fingerprint density at radius 2 is 1.59 bits per heavy atom. The molecule has 220 valence electrons. The lowest BCUT2D eigenvalue weighted by molar-refractivity contribution is -0.167. The summed E-state index contributed by atoms with van der Waals surface area (Å²) in [4.78, 5) is 39.7. The van der Waals surface area contributed by atoms with Crippen LogP contribution in [0.4, 0.5) is 10.1 Å². The first-order valence-corrected chi connectivity index (χ1v) is 12.5. The minimum atomic E-state index is -2.50. The van der Waals surface area contributed by atoms with Crippen LogP contribution in [0, 0.1) is 5.82 Å². The molecule has 0 aromatic heterocycles. The number of carbonyl (C=O) groups excluding carboxylic acids is 3. The Kier molecular flexibility index (Phi) is 6.92. The second-order valence-corrected chi connectivity index (χ2v) is 9.92. The van der Waals surface area contributed by atoms with Crippen molar-refractivity contribution in [1.29, 1.82) is 0 Å². The largest absolute Gasteiger partial charge is 0.507 e. The standard InChI is InChI=1S/C25H27FN4O11/c26-15-10(17(32)12(18(33)20(15)35)8-29-3-5-41-6-4-29)7-27-16-11-9-30(25(40)2-1-13(31)28-24(25)39)23(38)14(11)19(34)22(37)21(16)36/h27,32-37,40H,1-9H2,(H,28,31,39). The van der Waals surface area contributed by atoms with Crippen molar-refractivity contribution in [2.45, 2.75) is 38.2 Å². The molecule has 3 aliphatic rings. The normalized spacial score (nSPS) is 21.2. The second-order valence-electron chi connectivity index (χ2n) is 9.92. The number of halogens is 1. The molecule has 0 radical (unpaired) electrons. The average Bonchev–Trinajstić information content (AvgIpc) is 3.30. The molecule has 3 amide bonds. The van der Waals surface area contributed by atoms with Crippen LogP contribution in [0.25, 0.3) is 0 Å². The highest BCUT2D eigenvalue weighted by atomic mass is 19.1. The summed E-state index contributed by atoms with van der Waals surface area (Å²) in [7, 11) is 0. The number of nitrogens with zero attached hydrogens (tertiary/aromatic N) is 2. The lowest BCUT2D eigenvalue weighted by atomic mass is 10.00. The highest BCUT2D eigenvalue weighted by Crippen LogP contribution is 2.51. The molecule has 15 nitrogen and oxygen atoms in total. The Morgan fingerprint density at radius 3 is 2.24 bits per heavy atom. The molecule has 9 N–H and O–H groups in total. The molecule has 1 unspecified atom stereocenters. The number of phenolic OH excluding ortho intramolecular Hbond substituents is 6. The van der Waals surface area contributed by atoms with Crippen molar-refractivity contribution in [2.75, 3.05) is 31.6 Å². The zero-order valence-electron chi connectivity index (χ0n) is 21.4. The van der Waals surface area contributed by atoms with Gasteiger partial charge in [0.15, 0.2) is 28.8 Å². The molecule has 5 rings (SSSR count). The molecule has 0 aliphatic carbocycles. The number of phenols is 6. The number of imide groups is 1. The van der Waals surface area contributed by atoms with E-state index in [-0.39, 0.29) is 24.1 Å². The summed E-state index contributed by atoms with van der Waals surface area (Å²) in [6.45, 7) is 0.351. The van der Waals surface area contributed by atoms with Gasteiger partial charge in [0, 0.05) is 44.6 Å². The molecule has 2 saturated heterocycles. The monoisotopic (exact) mass is 578 g/mol. The number of rotatable bonds is 6. The summed E-state index contributed by atoms with van der Waals surface area (Å²) >= 11 is 0. The number of anilines is 1. The number of morpholine rings is 1. The smallest absolute Gasteiger partial charge is 0.279 e. The van der Waals surface area contributed by atoms with E-state index in [0.29, 0.717) is 31.2 Å². The first-order valence-electron chi connectivity index (χ1n) is 12.5. The van der Waals surface area contributed by atoms with Crippen LogP contribution in [-0.4, -0.2) is 95.3 Å². The molecule has 2 fully saturated rings. The quantitative estimate of drug-likeness (QED) is 0.121. The molecule has 3 aliphatic heterocycles. The maximum Gasteiger partial charge on any atom is 0.279 e. The van der Waals surface area contributed by atoms with Crippen LogP contribution in [0.1, 0.15) is 39.9 Å². The van der Waals surface area contributed by atoms with E-state index in [1.807, 2.05) is 5.32 Å². The fraction of sp³-hybridized carbons (Fsp3) is 0.400. The van der Waals surface area contributed by atoms with Gasteiger partial charge in [0.1, 0.15) is 5.75 Å². The van der Waals surface area contributed by atoms with Crippen LogP contribution < -0.4 is 10.6 Å². The summed E-state index contributed by atoms with van der Waals surface area (Å²) in [5, 5.41) is 78.3. The molecule has 2 aromatic carbocycles. The van der Waals surface area contributed by atoms with E-state index < -0.39 is 100 Å². The third kappa shape index (κ3) is 4.45. The van der Waals surface area contributed by atoms with Crippen LogP contribution in [-0.2, 0) is 34.0 Å². The number of benzene rings is 2.